The Kier molecular flexibility index (Phi) is 5.25. The summed E-state index contributed by atoms with van der Waals surface area (Å²) < 4.78 is 7.95. The van der Waals surface area contributed by atoms with Crippen LogP contribution in [0.25, 0.3) is 11.0 Å². The van der Waals surface area contributed by atoms with Gasteiger partial charge in [0, 0.05) is 23.2 Å². The quantitative estimate of drug-likeness (QED) is 0.710. The molecule has 1 atom stereocenters. The highest BCUT2D eigenvalue weighted by Crippen LogP contribution is 2.29. The summed E-state index contributed by atoms with van der Waals surface area (Å²) in [5, 5.41) is 14.9. The van der Waals surface area contributed by atoms with Crippen LogP contribution in [0.4, 0.5) is 0 Å². The number of benzene rings is 1. The minimum absolute atomic E-state index is 0.105. The first-order valence-electron chi connectivity index (χ1n) is 8.91. The van der Waals surface area contributed by atoms with Crippen molar-refractivity contribution in [3.05, 3.63) is 53.0 Å². The fourth-order valence-electron chi connectivity index (χ4n) is 3.39. The Labute approximate surface area is 148 Å². The zero-order valence-corrected chi connectivity index (χ0v) is 15.5. The molecule has 0 bridgehead atoms. The Bertz CT molecular complexity index is 817. The number of para-hydroxylation sites is 1. The highest BCUT2D eigenvalue weighted by atomic mass is 16.3. The second-order valence-electron chi connectivity index (χ2n) is 6.52. The van der Waals surface area contributed by atoms with Crippen molar-refractivity contribution in [3.8, 4) is 0 Å². The highest BCUT2D eigenvalue weighted by molar-refractivity contribution is 5.77. The number of hydrogen-bond donors (Lipinski definition) is 1. The number of fused-ring (bicyclic) bond motifs is 1. The minimum Gasteiger partial charge on any atom is -0.459 e. The molecule has 0 fully saturated rings. The van der Waals surface area contributed by atoms with Crippen LogP contribution in [0, 0.1) is 13.8 Å². The second kappa shape index (κ2) is 7.42. The van der Waals surface area contributed by atoms with E-state index in [1.807, 2.05) is 29.8 Å². The van der Waals surface area contributed by atoms with E-state index in [1.54, 1.807) is 0 Å². The van der Waals surface area contributed by atoms with Crippen LogP contribution in [-0.2, 0) is 13.1 Å². The number of rotatable bonds is 7. The molecule has 0 aliphatic rings. The molecule has 25 heavy (non-hydrogen) atoms. The van der Waals surface area contributed by atoms with Gasteiger partial charge in [-0.1, -0.05) is 25.1 Å². The van der Waals surface area contributed by atoms with E-state index < -0.39 is 0 Å². The molecule has 5 nitrogen and oxygen atoms in total. The molecule has 1 unspecified atom stereocenters. The molecule has 0 amide bonds. The molecule has 5 heteroatoms. The smallest absolute Gasteiger partial charge is 0.134 e. The van der Waals surface area contributed by atoms with Gasteiger partial charge >= 0.3 is 0 Å². The Morgan fingerprint density at radius 1 is 1.28 bits per heavy atom. The van der Waals surface area contributed by atoms with Crippen molar-refractivity contribution in [2.75, 3.05) is 13.2 Å². The van der Waals surface area contributed by atoms with E-state index in [2.05, 4.69) is 42.9 Å². The zero-order chi connectivity index (χ0) is 18.0. The lowest BCUT2D eigenvalue weighted by atomic mass is 10.1. The van der Waals surface area contributed by atoms with Crippen molar-refractivity contribution in [2.45, 2.75) is 46.8 Å². The average Bonchev–Trinajstić information content (AvgIpc) is 3.15. The average molecular weight is 341 g/mol. The van der Waals surface area contributed by atoms with Gasteiger partial charge in [-0.15, -0.1) is 0 Å². The summed E-state index contributed by atoms with van der Waals surface area (Å²) in [6, 6.07) is 10.4. The van der Waals surface area contributed by atoms with Crippen LogP contribution >= 0.6 is 0 Å². The number of nitrogens with zero attached hydrogens (tertiary/aromatic N) is 3. The van der Waals surface area contributed by atoms with E-state index in [0.717, 1.165) is 41.2 Å². The molecule has 0 aliphatic heterocycles. The summed E-state index contributed by atoms with van der Waals surface area (Å²) >= 11 is 0. The van der Waals surface area contributed by atoms with Crippen molar-refractivity contribution < 1.29 is 9.52 Å². The maximum atomic E-state index is 9.19. The van der Waals surface area contributed by atoms with Crippen LogP contribution in [0.3, 0.4) is 0 Å². The first kappa shape index (κ1) is 17.7. The van der Waals surface area contributed by atoms with Gasteiger partial charge < -0.3 is 9.52 Å². The standard InChI is InChI=1S/C20H27N3O2/c1-5-22(13-18-14(2)21-23(10-11-24)15(18)3)16(4)20-12-17-8-6-7-9-19(17)25-20/h6-9,12,16,24H,5,10-11,13H2,1-4H3. The molecule has 0 radical (unpaired) electrons. The van der Waals surface area contributed by atoms with Gasteiger partial charge in [0.25, 0.3) is 0 Å². The lowest BCUT2D eigenvalue weighted by Crippen LogP contribution is -2.26. The predicted molar refractivity (Wildman–Crippen MR) is 99.5 cm³/mol. The minimum atomic E-state index is 0.105. The topological polar surface area (TPSA) is 54.4 Å². The number of aryl methyl sites for hydroxylation is 1. The molecular weight excluding hydrogens is 314 g/mol. The van der Waals surface area contributed by atoms with Crippen LogP contribution in [0.1, 0.15) is 42.6 Å². The summed E-state index contributed by atoms with van der Waals surface area (Å²) in [4.78, 5) is 2.39. The molecule has 2 heterocycles. The first-order valence-corrected chi connectivity index (χ1v) is 8.91. The molecule has 0 aliphatic carbocycles. The third-order valence-electron chi connectivity index (χ3n) is 5.01. The summed E-state index contributed by atoms with van der Waals surface area (Å²) in [5.41, 5.74) is 4.32. The van der Waals surface area contributed by atoms with Gasteiger partial charge in [0.2, 0.25) is 0 Å². The maximum absolute atomic E-state index is 9.19. The Balaban J connectivity index is 1.84. The molecule has 0 saturated carbocycles. The monoisotopic (exact) mass is 341 g/mol. The van der Waals surface area contributed by atoms with E-state index >= 15 is 0 Å². The number of aliphatic hydroxyl groups excluding tert-OH is 1. The van der Waals surface area contributed by atoms with E-state index in [-0.39, 0.29) is 12.6 Å². The zero-order valence-electron chi connectivity index (χ0n) is 15.5. The van der Waals surface area contributed by atoms with Crippen LogP contribution < -0.4 is 0 Å². The molecule has 2 aromatic heterocycles. The fraction of sp³-hybridized carbons (Fsp3) is 0.450. The molecular formula is C20H27N3O2. The summed E-state index contributed by atoms with van der Waals surface area (Å²) in [5.74, 6) is 0.987. The van der Waals surface area contributed by atoms with Gasteiger partial charge in [-0.05, 0) is 39.4 Å². The van der Waals surface area contributed by atoms with Gasteiger partial charge in [0.1, 0.15) is 11.3 Å². The Morgan fingerprint density at radius 2 is 2.04 bits per heavy atom. The second-order valence-corrected chi connectivity index (χ2v) is 6.52. The maximum Gasteiger partial charge on any atom is 0.134 e. The first-order chi connectivity index (χ1) is 12.0. The largest absolute Gasteiger partial charge is 0.459 e. The summed E-state index contributed by atoms with van der Waals surface area (Å²) in [7, 11) is 0. The van der Waals surface area contributed by atoms with E-state index in [9.17, 15) is 5.11 Å². The van der Waals surface area contributed by atoms with Crippen LogP contribution in [0.15, 0.2) is 34.7 Å². The number of hydrogen-bond acceptors (Lipinski definition) is 4. The van der Waals surface area contributed by atoms with Gasteiger partial charge in [0.15, 0.2) is 0 Å². The van der Waals surface area contributed by atoms with E-state index in [4.69, 9.17) is 4.42 Å². The van der Waals surface area contributed by atoms with Crippen LogP contribution in [0.5, 0.6) is 0 Å². The van der Waals surface area contributed by atoms with E-state index in [1.165, 1.54) is 5.56 Å². The summed E-state index contributed by atoms with van der Waals surface area (Å²) in [6.07, 6.45) is 0. The Hall–Kier alpha value is -2.11. The molecule has 3 rings (SSSR count). The summed E-state index contributed by atoms with van der Waals surface area (Å²) in [6.45, 7) is 10.8. The van der Waals surface area contributed by atoms with Crippen molar-refractivity contribution in [3.63, 3.8) is 0 Å². The Morgan fingerprint density at radius 3 is 2.72 bits per heavy atom. The lowest BCUT2D eigenvalue weighted by molar-refractivity contribution is 0.190. The highest BCUT2D eigenvalue weighted by Gasteiger charge is 2.21. The normalized spacial score (nSPS) is 13.0. The third kappa shape index (κ3) is 3.48. The molecule has 1 aromatic carbocycles. The van der Waals surface area contributed by atoms with Crippen LogP contribution in [-0.4, -0.2) is 32.9 Å². The number of aromatic nitrogens is 2. The third-order valence-corrected chi connectivity index (χ3v) is 5.01. The molecule has 0 saturated heterocycles. The molecule has 1 N–H and O–H groups in total. The number of aliphatic hydroxyl groups is 1. The van der Waals surface area contributed by atoms with Gasteiger partial charge in [-0.25, -0.2) is 0 Å². The molecule has 134 valence electrons. The van der Waals surface area contributed by atoms with Gasteiger partial charge in [-0.3, -0.25) is 9.58 Å². The fourth-order valence-corrected chi connectivity index (χ4v) is 3.39. The van der Waals surface area contributed by atoms with Crippen LogP contribution in [0.2, 0.25) is 0 Å². The molecule has 3 aromatic rings. The predicted octanol–water partition coefficient (Wildman–Crippen LogP) is 3.82. The molecule has 0 spiro atoms. The SMILES string of the molecule is CCN(Cc1c(C)nn(CCO)c1C)C(C)c1cc2ccccc2o1. The van der Waals surface area contributed by atoms with Crippen molar-refractivity contribution in [1.82, 2.24) is 14.7 Å². The number of furan rings is 1. The van der Waals surface area contributed by atoms with Crippen molar-refractivity contribution in [2.24, 2.45) is 0 Å². The van der Waals surface area contributed by atoms with Crippen molar-refractivity contribution >= 4 is 11.0 Å². The van der Waals surface area contributed by atoms with Gasteiger partial charge in [0.05, 0.1) is 24.9 Å². The van der Waals surface area contributed by atoms with Crippen molar-refractivity contribution in [1.29, 1.82) is 0 Å². The van der Waals surface area contributed by atoms with E-state index in [0.29, 0.717) is 6.54 Å². The lowest BCUT2D eigenvalue weighted by Gasteiger charge is -2.26. The van der Waals surface area contributed by atoms with Gasteiger partial charge in [-0.2, -0.15) is 5.10 Å².